The van der Waals surface area contributed by atoms with Crippen molar-refractivity contribution in [2.24, 2.45) is 5.41 Å². The normalized spacial score (nSPS) is 35.2. The molecule has 1 amide bonds. The summed E-state index contributed by atoms with van der Waals surface area (Å²) in [4.78, 5) is 18.2. The summed E-state index contributed by atoms with van der Waals surface area (Å²) in [7, 11) is 0. The summed E-state index contributed by atoms with van der Waals surface area (Å²) in [6.45, 7) is 10.3. The van der Waals surface area contributed by atoms with Crippen LogP contribution in [0.2, 0.25) is 0 Å². The Morgan fingerprint density at radius 3 is 2.83 bits per heavy atom. The molecule has 164 valence electrons. The Morgan fingerprint density at radius 2 is 2.07 bits per heavy atom. The molecule has 4 aliphatic rings. The highest BCUT2D eigenvalue weighted by Crippen LogP contribution is 2.48. The SMILES string of the molecule is Cc1cc(N2CC[C@H](N3CCC[C@H]3C)C2)ccc1C1COCCC12CCCNC2=O. The highest BCUT2D eigenvalue weighted by atomic mass is 16.5. The zero-order valence-electron chi connectivity index (χ0n) is 18.7. The predicted molar refractivity (Wildman–Crippen MR) is 120 cm³/mol. The van der Waals surface area contributed by atoms with Crippen LogP contribution in [-0.4, -0.2) is 62.3 Å². The minimum atomic E-state index is -0.284. The first-order chi connectivity index (χ1) is 14.6. The number of anilines is 1. The number of benzene rings is 1. The number of aryl methyl sites for hydroxylation is 1. The zero-order chi connectivity index (χ0) is 20.7. The van der Waals surface area contributed by atoms with Crippen molar-refractivity contribution in [3.63, 3.8) is 0 Å². The Balaban J connectivity index is 1.35. The molecule has 5 rings (SSSR count). The largest absolute Gasteiger partial charge is 0.381 e. The molecule has 5 heteroatoms. The molecule has 1 aromatic rings. The minimum absolute atomic E-state index is 0.164. The fourth-order valence-electron chi connectivity index (χ4n) is 6.64. The van der Waals surface area contributed by atoms with E-state index in [1.807, 2.05) is 0 Å². The quantitative estimate of drug-likeness (QED) is 0.827. The molecule has 1 N–H and O–H groups in total. The third kappa shape index (κ3) is 3.44. The average Bonchev–Trinajstić information content (AvgIpc) is 3.40. The van der Waals surface area contributed by atoms with Crippen molar-refractivity contribution in [2.45, 2.75) is 70.4 Å². The van der Waals surface area contributed by atoms with Crippen LogP contribution in [0.3, 0.4) is 0 Å². The van der Waals surface area contributed by atoms with Crippen molar-refractivity contribution < 1.29 is 9.53 Å². The van der Waals surface area contributed by atoms with Crippen LogP contribution in [0, 0.1) is 12.3 Å². The molecule has 0 aromatic heterocycles. The molecule has 30 heavy (non-hydrogen) atoms. The van der Waals surface area contributed by atoms with Crippen molar-refractivity contribution in [3.8, 4) is 0 Å². The van der Waals surface area contributed by atoms with E-state index in [4.69, 9.17) is 4.74 Å². The second-order valence-electron chi connectivity index (χ2n) is 10.1. The van der Waals surface area contributed by atoms with Gasteiger partial charge in [-0.1, -0.05) is 6.07 Å². The number of carbonyl (C=O) groups excluding carboxylic acids is 1. The smallest absolute Gasteiger partial charge is 0.227 e. The van der Waals surface area contributed by atoms with E-state index in [1.165, 1.54) is 42.6 Å². The van der Waals surface area contributed by atoms with E-state index >= 15 is 0 Å². The van der Waals surface area contributed by atoms with E-state index in [2.05, 4.69) is 47.2 Å². The molecule has 2 unspecified atom stereocenters. The van der Waals surface area contributed by atoms with Crippen LogP contribution in [-0.2, 0) is 9.53 Å². The second kappa shape index (κ2) is 8.16. The Morgan fingerprint density at radius 1 is 1.17 bits per heavy atom. The van der Waals surface area contributed by atoms with Gasteiger partial charge in [0.1, 0.15) is 0 Å². The Kier molecular flexibility index (Phi) is 5.53. The molecular weight excluding hydrogens is 374 g/mol. The van der Waals surface area contributed by atoms with Gasteiger partial charge in [0.2, 0.25) is 5.91 Å². The van der Waals surface area contributed by atoms with Crippen LogP contribution in [0.5, 0.6) is 0 Å². The summed E-state index contributed by atoms with van der Waals surface area (Å²) in [6.07, 6.45) is 6.87. The fourth-order valence-corrected chi connectivity index (χ4v) is 6.64. The summed E-state index contributed by atoms with van der Waals surface area (Å²) in [6, 6.07) is 8.38. The topological polar surface area (TPSA) is 44.8 Å². The molecule has 5 nitrogen and oxygen atoms in total. The van der Waals surface area contributed by atoms with E-state index in [9.17, 15) is 4.79 Å². The minimum Gasteiger partial charge on any atom is -0.381 e. The average molecular weight is 412 g/mol. The molecule has 4 saturated heterocycles. The summed E-state index contributed by atoms with van der Waals surface area (Å²) in [5.41, 5.74) is 3.66. The van der Waals surface area contributed by atoms with Gasteiger partial charge in [0.05, 0.1) is 12.0 Å². The van der Waals surface area contributed by atoms with Crippen LogP contribution < -0.4 is 10.2 Å². The predicted octanol–water partition coefficient (Wildman–Crippen LogP) is 3.46. The standard InChI is InChI=1S/C25H37N3O2/c1-18-15-20(27-13-8-21(16-27)28-12-3-5-19(28)2)6-7-22(18)23-17-30-14-10-25(23)9-4-11-26-24(25)29/h6-7,15,19,21,23H,3-5,8-14,16-17H2,1-2H3,(H,26,29)/t19-,21+,23?,25?/m1/s1. The second-order valence-corrected chi connectivity index (χ2v) is 10.1. The van der Waals surface area contributed by atoms with Crippen LogP contribution in [0.1, 0.15) is 62.5 Å². The van der Waals surface area contributed by atoms with Crippen LogP contribution in [0.4, 0.5) is 5.69 Å². The van der Waals surface area contributed by atoms with Gasteiger partial charge in [0, 0.05) is 49.9 Å². The van der Waals surface area contributed by atoms with Gasteiger partial charge in [0.25, 0.3) is 0 Å². The van der Waals surface area contributed by atoms with Crippen molar-refractivity contribution in [1.29, 1.82) is 0 Å². The van der Waals surface area contributed by atoms with Gasteiger partial charge in [-0.15, -0.1) is 0 Å². The van der Waals surface area contributed by atoms with E-state index in [0.29, 0.717) is 19.3 Å². The first kappa shape index (κ1) is 20.3. The van der Waals surface area contributed by atoms with Gasteiger partial charge in [-0.2, -0.15) is 0 Å². The third-order valence-electron chi connectivity index (χ3n) is 8.41. The lowest BCUT2D eigenvalue weighted by Gasteiger charge is -2.45. The Bertz CT molecular complexity index is 791. The zero-order valence-corrected chi connectivity index (χ0v) is 18.7. The number of nitrogens with one attached hydrogen (secondary N) is 1. The maximum atomic E-state index is 13.0. The molecule has 0 radical (unpaired) electrons. The van der Waals surface area contributed by atoms with E-state index in [1.54, 1.807) is 0 Å². The van der Waals surface area contributed by atoms with Gasteiger partial charge in [0.15, 0.2) is 0 Å². The number of likely N-dealkylation sites (tertiary alicyclic amines) is 1. The molecule has 4 heterocycles. The van der Waals surface area contributed by atoms with Crippen molar-refractivity contribution in [3.05, 3.63) is 29.3 Å². The van der Waals surface area contributed by atoms with Gasteiger partial charge in [-0.25, -0.2) is 0 Å². The van der Waals surface area contributed by atoms with E-state index < -0.39 is 0 Å². The summed E-state index contributed by atoms with van der Waals surface area (Å²) < 4.78 is 5.88. The lowest BCUT2D eigenvalue weighted by atomic mass is 9.64. The molecule has 4 aliphatic heterocycles. The molecule has 1 aromatic carbocycles. The first-order valence-electron chi connectivity index (χ1n) is 12.1. The Hall–Kier alpha value is -1.59. The molecule has 4 fully saturated rings. The highest BCUT2D eigenvalue weighted by Gasteiger charge is 2.49. The summed E-state index contributed by atoms with van der Waals surface area (Å²) >= 11 is 0. The van der Waals surface area contributed by atoms with Gasteiger partial charge >= 0.3 is 0 Å². The number of hydrogen-bond donors (Lipinski definition) is 1. The van der Waals surface area contributed by atoms with Crippen molar-refractivity contribution in [2.75, 3.05) is 44.3 Å². The van der Waals surface area contributed by atoms with Gasteiger partial charge < -0.3 is 15.0 Å². The summed E-state index contributed by atoms with van der Waals surface area (Å²) in [5, 5.41) is 3.15. The van der Waals surface area contributed by atoms with Crippen LogP contribution in [0.15, 0.2) is 18.2 Å². The number of carbonyl (C=O) groups is 1. The number of amides is 1. The lowest BCUT2D eigenvalue weighted by Crippen LogP contribution is -2.52. The number of piperidine rings is 1. The number of rotatable bonds is 3. The van der Waals surface area contributed by atoms with E-state index in [0.717, 1.165) is 44.9 Å². The number of ether oxygens (including phenoxy) is 1. The van der Waals surface area contributed by atoms with E-state index in [-0.39, 0.29) is 17.2 Å². The lowest BCUT2D eigenvalue weighted by molar-refractivity contribution is -0.142. The molecule has 0 saturated carbocycles. The number of nitrogens with zero attached hydrogens (tertiary/aromatic N) is 2. The van der Waals surface area contributed by atoms with Crippen molar-refractivity contribution >= 4 is 11.6 Å². The maximum absolute atomic E-state index is 13.0. The molecule has 4 atom stereocenters. The Labute approximate surface area is 181 Å². The maximum Gasteiger partial charge on any atom is 0.227 e. The third-order valence-corrected chi connectivity index (χ3v) is 8.41. The van der Waals surface area contributed by atoms with Gasteiger partial charge in [-0.05, 0) is 82.2 Å². The molecule has 1 spiro atoms. The monoisotopic (exact) mass is 411 g/mol. The number of hydrogen-bond acceptors (Lipinski definition) is 4. The molecule has 0 aliphatic carbocycles. The molecular formula is C25H37N3O2. The summed E-state index contributed by atoms with van der Waals surface area (Å²) in [5.74, 6) is 0.407. The molecule has 0 bridgehead atoms. The van der Waals surface area contributed by atoms with Crippen LogP contribution in [0.25, 0.3) is 0 Å². The fraction of sp³-hybridized carbons (Fsp3) is 0.720. The highest BCUT2D eigenvalue weighted by molar-refractivity contribution is 5.84. The van der Waals surface area contributed by atoms with Gasteiger partial charge in [-0.3, -0.25) is 9.69 Å². The van der Waals surface area contributed by atoms with Crippen molar-refractivity contribution in [1.82, 2.24) is 10.2 Å². The van der Waals surface area contributed by atoms with Crippen LogP contribution >= 0.6 is 0 Å². The first-order valence-corrected chi connectivity index (χ1v) is 12.1.